The maximum absolute atomic E-state index is 11.9. The van der Waals surface area contributed by atoms with Gasteiger partial charge in [-0.15, -0.1) is 0 Å². The summed E-state index contributed by atoms with van der Waals surface area (Å²) in [6.45, 7) is 5.05. The van der Waals surface area contributed by atoms with E-state index in [9.17, 15) is 14.7 Å². The van der Waals surface area contributed by atoms with E-state index in [-0.39, 0.29) is 17.1 Å². The number of amides is 1. The normalized spacial score (nSPS) is 12.1. The second-order valence-electron chi connectivity index (χ2n) is 5.88. The fourth-order valence-electron chi connectivity index (χ4n) is 1.98. The molecule has 0 fully saturated rings. The highest BCUT2D eigenvalue weighted by atomic mass is 16.6. The van der Waals surface area contributed by atoms with E-state index in [0.29, 0.717) is 5.75 Å². The van der Waals surface area contributed by atoms with E-state index in [1.165, 1.54) is 33.5 Å². The molecule has 8 nitrogen and oxygen atoms in total. The molecule has 0 bridgehead atoms. The van der Waals surface area contributed by atoms with Crippen LogP contribution in [0.1, 0.15) is 32.4 Å². The van der Waals surface area contributed by atoms with E-state index in [2.05, 4.69) is 5.32 Å². The van der Waals surface area contributed by atoms with Crippen LogP contribution in [-0.2, 0) is 9.53 Å². The number of nitrogens with one attached hydrogen (secondary N) is 1. The minimum atomic E-state index is -1.34. The Balaban J connectivity index is 3.21. The lowest BCUT2D eigenvalue weighted by atomic mass is 10.1. The van der Waals surface area contributed by atoms with Gasteiger partial charge in [0, 0.05) is 0 Å². The summed E-state index contributed by atoms with van der Waals surface area (Å²) in [7, 11) is 4.27. The van der Waals surface area contributed by atoms with E-state index >= 15 is 0 Å². The number of rotatable bonds is 6. The summed E-state index contributed by atoms with van der Waals surface area (Å²) in [4.78, 5) is 23.5. The van der Waals surface area contributed by atoms with Gasteiger partial charge in [-0.05, 0) is 38.5 Å². The van der Waals surface area contributed by atoms with Crippen molar-refractivity contribution in [3.8, 4) is 17.2 Å². The van der Waals surface area contributed by atoms with Crippen molar-refractivity contribution in [3.05, 3.63) is 17.7 Å². The molecular formula is C16H23NO7. The maximum atomic E-state index is 11.9. The first-order valence-electron chi connectivity index (χ1n) is 7.15. The molecule has 1 aromatic rings. The van der Waals surface area contributed by atoms with Gasteiger partial charge in [-0.25, -0.2) is 9.59 Å². The van der Waals surface area contributed by atoms with Crippen LogP contribution in [0.2, 0.25) is 0 Å². The zero-order valence-electron chi connectivity index (χ0n) is 14.6. The van der Waals surface area contributed by atoms with Crippen molar-refractivity contribution in [2.45, 2.75) is 32.4 Å². The van der Waals surface area contributed by atoms with E-state index in [1.807, 2.05) is 0 Å². The lowest BCUT2D eigenvalue weighted by Gasteiger charge is -2.23. The Hall–Kier alpha value is -2.64. The van der Waals surface area contributed by atoms with Crippen LogP contribution in [-0.4, -0.2) is 44.1 Å². The number of alkyl carbamates (subject to hydrolysis) is 1. The Morgan fingerprint density at radius 1 is 1.04 bits per heavy atom. The molecule has 0 heterocycles. The van der Waals surface area contributed by atoms with E-state index in [0.717, 1.165) is 0 Å². The second-order valence-corrected chi connectivity index (χ2v) is 5.88. The maximum Gasteiger partial charge on any atom is 0.408 e. The van der Waals surface area contributed by atoms with Crippen molar-refractivity contribution in [2.24, 2.45) is 0 Å². The molecule has 0 aromatic heterocycles. The van der Waals surface area contributed by atoms with Gasteiger partial charge in [0.05, 0.1) is 21.3 Å². The van der Waals surface area contributed by atoms with Crippen molar-refractivity contribution in [3.63, 3.8) is 0 Å². The molecule has 0 spiro atoms. The third-order valence-corrected chi connectivity index (χ3v) is 2.93. The zero-order valence-corrected chi connectivity index (χ0v) is 14.6. The van der Waals surface area contributed by atoms with Gasteiger partial charge in [0.15, 0.2) is 17.5 Å². The Kier molecular flexibility index (Phi) is 6.27. The molecule has 134 valence electrons. The SMILES string of the molecule is COc1cc(C(NC(=O)OC(C)(C)C)C(=O)O)cc(OC)c1OC. The molecule has 0 aliphatic heterocycles. The molecule has 0 radical (unpaired) electrons. The number of aliphatic carboxylic acids is 1. The predicted molar refractivity (Wildman–Crippen MR) is 85.8 cm³/mol. The number of ether oxygens (including phenoxy) is 4. The Morgan fingerprint density at radius 3 is 1.88 bits per heavy atom. The molecule has 2 N–H and O–H groups in total. The summed E-state index contributed by atoms with van der Waals surface area (Å²) in [5, 5.41) is 11.8. The van der Waals surface area contributed by atoms with Crippen molar-refractivity contribution >= 4 is 12.1 Å². The highest BCUT2D eigenvalue weighted by Crippen LogP contribution is 2.39. The van der Waals surface area contributed by atoms with Crippen LogP contribution >= 0.6 is 0 Å². The molecular weight excluding hydrogens is 318 g/mol. The van der Waals surface area contributed by atoms with Crippen LogP contribution < -0.4 is 19.5 Å². The smallest absolute Gasteiger partial charge is 0.408 e. The molecule has 0 aliphatic carbocycles. The summed E-state index contributed by atoms with van der Waals surface area (Å²) >= 11 is 0. The van der Waals surface area contributed by atoms with E-state index < -0.39 is 23.7 Å². The largest absolute Gasteiger partial charge is 0.493 e. The number of benzene rings is 1. The van der Waals surface area contributed by atoms with Gasteiger partial charge < -0.3 is 29.4 Å². The summed E-state index contributed by atoms with van der Waals surface area (Å²) in [5.41, 5.74) is -0.495. The number of hydrogen-bond donors (Lipinski definition) is 2. The summed E-state index contributed by atoms with van der Waals surface area (Å²) in [6.07, 6.45) is -0.844. The quantitative estimate of drug-likeness (QED) is 0.818. The van der Waals surface area contributed by atoms with E-state index in [1.54, 1.807) is 20.8 Å². The van der Waals surface area contributed by atoms with Crippen LogP contribution in [0.15, 0.2) is 12.1 Å². The number of methoxy groups -OCH3 is 3. The Bertz CT molecular complexity index is 582. The first-order valence-corrected chi connectivity index (χ1v) is 7.15. The summed E-state index contributed by atoms with van der Waals surface area (Å²) in [5.74, 6) is -0.367. The predicted octanol–water partition coefficient (Wildman–Crippen LogP) is 2.36. The van der Waals surface area contributed by atoms with Crippen LogP contribution in [0.3, 0.4) is 0 Å². The minimum absolute atomic E-state index is 0.253. The number of carbonyl (C=O) groups excluding carboxylic acids is 1. The molecule has 1 unspecified atom stereocenters. The van der Waals surface area contributed by atoms with Crippen LogP contribution in [0.5, 0.6) is 17.2 Å². The lowest BCUT2D eigenvalue weighted by Crippen LogP contribution is -2.38. The molecule has 1 rings (SSSR count). The molecule has 8 heteroatoms. The van der Waals surface area contributed by atoms with Gasteiger partial charge in [0.2, 0.25) is 5.75 Å². The van der Waals surface area contributed by atoms with Crippen molar-refractivity contribution in [1.29, 1.82) is 0 Å². The van der Waals surface area contributed by atoms with Gasteiger partial charge in [-0.1, -0.05) is 0 Å². The molecule has 1 amide bonds. The summed E-state index contributed by atoms with van der Waals surface area (Å²) in [6, 6.07) is 1.57. The van der Waals surface area contributed by atoms with Crippen LogP contribution in [0, 0.1) is 0 Å². The third-order valence-electron chi connectivity index (χ3n) is 2.93. The van der Waals surface area contributed by atoms with Crippen molar-refractivity contribution in [1.82, 2.24) is 5.32 Å². The number of hydrogen-bond acceptors (Lipinski definition) is 6. The van der Waals surface area contributed by atoms with Gasteiger partial charge in [-0.3, -0.25) is 0 Å². The fourth-order valence-corrected chi connectivity index (χ4v) is 1.98. The number of carboxylic acids is 1. The Labute approximate surface area is 140 Å². The zero-order chi connectivity index (χ0) is 18.5. The highest BCUT2D eigenvalue weighted by molar-refractivity contribution is 5.82. The topological polar surface area (TPSA) is 103 Å². The summed E-state index contributed by atoms with van der Waals surface area (Å²) < 4.78 is 20.7. The van der Waals surface area contributed by atoms with Crippen LogP contribution in [0.4, 0.5) is 4.79 Å². The standard InChI is InChI=1S/C16H23NO7/c1-16(2,3)24-15(20)17-12(14(18)19)9-7-10(21-4)13(23-6)11(8-9)22-5/h7-8,12H,1-6H3,(H,17,20)(H,18,19). The van der Waals surface area contributed by atoms with Gasteiger partial charge in [0.25, 0.3) is 0 Å². The Morgan fingerprint density at radius 2 is 1.54 bits per heavy atom. The van der Waals surface area contributed by atoms with Gasteiger partial charge in [-0.2, -0.15) is 0 Å². The molecule has 0 aliphatic rings. The average molecular weight is 341 g/mol. The van der Waals surface area contributed by atoms with Crippen molar-refractivity contribution < 1.29 is 33.6 Å². The minimum Gasteiger partial charge on any atom is -0.493 e. The highest BCUT2D eigenvalue weighted by Gasteiger charge is 2.27. The molecule has 0 saturated heterocycles. The third kappa shape index (κ3) is 4.94. The molecule has 24 heavy (non-hydrogen) atoms. The second kappa shape index (κ2) is 7.76. The number of carboxylic acid groups (broad SMARTS) is 1. The van der Waals surface area contributed by atoms with E-state index in [4.69, 9.17) is 18.9 Å². The molecule has 0 saturated carbocycles. The van der Waals surface area contributed by atoms with Gasteiger partial charge >= 0.3 is 12.1 Å². The lowest BCUT2D eigenvalue weighted by molar-refractivity contribution is -0.139. The average Bonchev–Trinajstić information content (AvgIpc) is 2.49. The molecule has 1 aromatic carbocycles. The van der Waals surface area contributed by atoms with Crippen molar-refractivity contribution in [2.75, 3.05) is 21.3 Å². The first kappa shape index (κ1) is 19.4. The van der Waals surface area contributed by atoms with Crippen LogP contribution in [0.25, 0.3) is 0 Å². The number of carbonyl (C=O) groups is 2. The van der Waals surface area contributed by atoms with Gasteiger partial charge in [0.1, 0.15) is 5.60 Å². The fraction of sp³-hybridized carbons (Fsp3) is 0.500. The first-order chi connectivity index (χ1) is 11.1. The molecule has 1 atom stereocenters. The monoisotopic (exact) mass is 341 g/mol.